The first-order valence-electron chi connectivity index (χ1n) is 6.44. The lowest BCUT2D eigenvalue weighted by Gasteiger charge is -2.27. The van der Waals surface area contributed by atoms with E-state index in [0.717, 1.165) is 17.1 Å². The topological polar surface area (TPSA) is 21.3 Å². The first-order chi connectivity index (χ1) is 8.28. The van der Waals surface area contributed by atoms with E-state index in [-0.39, 0.29) is 17.7 Å². The molecule has 0 aromatic heterocycles. The third-order valence-electron chi connectivity index (χ3n) is 2.47. The molecule has 1 aromatic carbocycles. The Morgan fingerprint density at radius 1 is 1.28 bits per heavy atom. The van der Waals surface area contributed by atoms with Crippen molar-refractivity contribution >= 4 is 11.6 Å². The van der Waals surface area contributed by atoms with Gasteiger partial charge in [-0.05, 0) is 52.3 Å². The molecule has 0 fully saturated rings. The summed E-state index contributed by atoms with van der Waals surface area (Å²) < 4.78 is 5.97. The quantitative estimate of drug-likeness (QED) is 0.865. The van der Waals surface area contributed by atoms with Crippen LogP contribution in [0.15, 0.2) is 24.3 Å². The number of rotatable bonds is 5. The Balaban J connectivity index is 2.78. The van der Waals surface area contributed by atoms with Gasteiger partial charge in [0.1, 0.15) is 0 Å². The SMILES string of the molecule is CC(C)OC(CNC(C)(C)C)c1cccc(Cl)c1. The molecule has 0 bridgehead atoms. The molecule has 0 aliphatic rings. The molecule has 0 saturated carbocycles. The molecule has 0 heterocycles. The van der Waals surface area contributed by atoms with Crippen LogP contribution in [0.5, 0.6) is 0 Å². The van der Waals surface area contributed by atoms with Crippen molar-refractivity contribution in [2.24, 2.45) is 0 Å². The fourth-order valence-electron chi connectivity index (χ4n) is 1.68. The molecule has 0 aliphatic heterocycles. The molecule has 1 N–H and O–H groups in total. The molecule has 1 atom stereocenters. The van der Waals surface area contributed by atoms with Crippen molar-refractivity contribution in [2.75, 3.05) is 6.54 Å². The van der Waals surface area contributed by atoms with Crippen molar-refractivity contribution in [2.45, 2.75) is 52.4 Å². The summed E-state index contributed by atoms with van der Waals surface area (Å²) in [6.07, 6.45) is 0.221. The van der Waals surface area contributed by atoms with Gasteiger partial charge < -0.3 is 10.1 Å². The van der Waals surface area contributed by atoms with Crippen LogP contribution in [0.2, 0.25) is 5.02 Å². The molecule has 0 radical (unpaired) electrons. The third-order valence-corrected chi connectivity index (χ3v) is 2.71. The second kappa shape index (κ2) is 6.55. The van der Waals surface area contributed by atoms with Crippen LogP contribution in [0, 0.1) is 0 Å². The highest BCUT2D eigenvalue weighted by Crippen LogP contribution is 2.22. The molecule has 0 saturated heterocycles. The van der Waals surface area contributed by atoms with Crippen LogP contribution in [0.1, 0.15) is 46.3 Å². The van der Waals surface area contributed by atoms with E-state index in [1.54, 1.807) is 0 Å². The largest absolute Gasteiger partial charge is 0.370 e. The first kappa shape index (κ1) is 15.5. The molecule has 0 amide bonds. The summed E-state index contributed by atoms with van der Waals surface area (Å²) in [5.74, 6) is 0. The van der Waals surface area contributed by atoms with E-state index >= 15 is 0 Å². The van der Waals surface area contributed by atoms with Gasteiger partial charge in [0.15, 0.2) is 0 Å². The average molecular weight is 270 g/mol. The number of hydrogen-bond acceptors (Lipinski definition) is 2. The van der Waals surface area contributed by atoms with Crippen molar-refractivity contribution in [3.8, 4) is 0 Å². The average Bonchev–Trinajstić information content (AvgIpc) is 2.22. The predicted octanol–water partition coefficient (Wildman–Crippen LogP) is 4.19. The second-order valence-electron chi connectivity index (χ2n) is 5.86. The molecule has 0 aliphatic carbocycles. The van der Waals surface area contributed by atoms with Crippen LogP contribution in [0.3, 0.4) is 0 Å². The zero-order valence-electron chi connectivity index (χ0n) is 12.0. The Kier molecular flexibility index (Phi) is 5.64. The number of nitrogens with one attached hydrogen (secondary N) is 1. The van der Waals surface area contributed by atoms with Crippen molar-refractivity contribution in [3.05, 3.63) is 34.9 Å². The highest BCUT2D eigenvalue weighted by atomic mass is 35.5. The van der Waals surface area contributed by atoms with Crippen LogP contribution in [-0.2, 0) is 4.74 Å². The minimum atomic E-state index is 0.0305. The number of benzene rings is 1. The lowest BCUT2D eigenvalue weighted by atomic mass is 10.1. The lowest BCUT2D eigenvalue weighted by molar-refractivity contribution is 0.00405. The third kappa shape index (κ3) is 5.85. The second-order valence-corrected chi connectivity index (χ2v) is 6.30. The lowest BCUT2D eigenvalue weighted by Crippen LogP contribution is -2.39. The molecular formula is C15H24ClNO. The van der Waals surface area contributed by atoms with E-state index in [1.807, 2.05) is 18.2 Å². The number of hydrogen-bond donors (Lipinski definition) is 1. The van der Waals surface area contributed by atoms with E-state index in [2.05, 4.69) is 46.0 Å². The summed E-state index contributed by atoms with van der Waals surface area (Å²) in [4.78, 5) is 0. The van der Waals surface area contributed by atoms with Crippen LogP contribution >= 0.6 is 11.6 Å². The molecule has 102 valence electrons. The van der Waals surface area contributed by atoms with Gasteiger partial charge in [-0.15, -0.1) is 0 Å². The van der Waals surface area contributed by atoms with Gasteiger partial charge in [-0.3, -0.25) is 0 Å². The van der Waals surface area contributed by atoms with Gasteiger partial charge in [0.05, 0.1) is 12.2 Å². The van der Waals surface area contributed by atoms with E-state index in [1.165, 1.54) is 0 Å². The summed E-state index contributed by atoms with van der Waals surface area (Å²) in [5.41, 5.74) is 1.20. The molecule has 1 aromatic rings. The minimum absolute atomic E-state index is 0.0305. The van der Waals surface area contributed by atoms with Crippen molar-refractivity contribution < 1.29 is 4.74 Å². The highest BCUT2D eigenvalue weighted by molar-refractivity contribution is 6.30. The van der Waals surface area contributed by atoms with E-state index in [9.17, 15) is 0 Å². The zero-order valence-corrected chi connectivity index (χ0v) is 12.7. The molecule has 1 rings (SSSR count). The monoisotopic (exact) mass is 269 g/mol. The summed E-state index contributed by atoms with van der Waals surface area (Å²) in [7, 11) is 0. The van der Waals surface area contributed by atoms with E-state index in [4.69, 9.17) is 16.3 Å². The smallest absolute Gasteiger partial charge is 0.0953 e. The Morgan fingerprint density at radius 3 is 2.44 bits per heavy atom. The maximum absolute atomic E-state index is 6.04. The Labute approximate surface area is 116 Å². The normalized spacial score (nSPS) is 13.9. The van der Waals surface area contributed by atoms with Crippen molar-refractivity contribution in [3.63, 3.8) is 0 Å². The fourth-order valence-corrected chi connectivity index (χ4v) is 1.88. The number of ether oxygens (including phenoxy) is 1. The molecule has 1 unspecified atom stereocenters. The minimum Gasteiger partial charge on any atom is -0.370 e. The Morgan fingerprint density at radius 2 is 1.94 bits per heavy atom. The summed E-state index contributed by atoms with van der Waals surface area (Å²) >= 11 is 6.04. The van der Waals surface area contributed by atoms with Gasteiger partial charge >= 0.3 is 0 Å². The van der Waals surface area contributed by atoms with Crippen LogP contribution in [0.25, 0.3) is 0 Å². The van der Waals surface area contributed by atoms with E-state index < -0.39 is 0 Å². The molecule has 18 heavy (non-hydrogen) atoms. The van der Waals surface area contributed by atoms with Gasteiger partial charge in [-0.25, -0.2) is 0 Å². The molecular weight excluding hydrogens is 246 g/mol. The fraction of sp³-hybridized carbons (Fsp3) is 0.600. The number of halogens is 1. The standard InChI is InChI=1S/C15H24ClNO/c1-11(2)18-14(10-17-15(3,4)5)12-7-6-8-13(16)9-12/h6-9,11,14,17H,10H2,1-5H3. The Bertz CT molecular complexity index is 371. The van der Waals surface area contributed by atoms with Crippen molar-refractivity contribution in [1.29, 1.82) is 0 Å². The highest BCUT2D eigenvalue weighted by Gasteiger charge is 2.17. The van der Waals surface area contributed by atoms with Crippen LogP contribution < -0.4 is 5.32 Å². The van der Waals surface area contributed by atoms with Crippen LogP contribution in [-0.4, -0.2) is 18.2 Å². The van der Waals surface area contributed by atoms with Gasteiger partial charge in [0.2, 0.25) is 0 Å². The van der Waals surface area contributed by atoms with Crippen LogP contribution in [0.4, 0.5) is 0 Å². The predicted molar refractivity (Wildman–Crippen MR) is 78.2 cm³/mol. The van der Waals surface area contributed by atoms with Crippen molar-refractivity contribution in [1.82, 2.24) is 5.32 Å². The Hall–Kier alpha value is -0.570. The van der Waals surface area contributed by atoms with Gasteiger partial charge in [0, 0.05) is 17.1 Å². The van der Waals surface area contributed by atoms with Gasteiger partial charge in [-0.1, -0.05) is 23.7 Å². The summed E-state index contributed by atoms with van der Waals surface area (Å²) in [6.45, 7) is 11.3. The summed E-state index contributed by atoms with van der Waals surface area (Å²) in [5, 5.41) is 4.23. The molecule has 0 spiro atoms. The maximum Gasteiger partial charge on any atom is 0.0953 e. The first-order valence-corrected chi connectivity index (χ1v) is 6.81. The molecule has 3 heteroatoms. The maximum atomic E-state index is 6.04. The van der Waals surface area contributed by atoms with Gasteiger partial charge in [0.25, 0.3) is 0 Å². The van der Waals surface area contributed by atoms with E-state index in [0.29, 0.717) is 0 Å². The zero-order chi connectivity index (χ0) is 13.8. The summed E-state index contributed by atoms with van der Waals surface area (Å²) in [6, 6.07) is 7.88. The molecule has 2 nitrogen and oxygen atoms in total. The van der Waals surface area contributed by atoms with Gasteiger partial charge in [-0.2, -0.15) is 0 Å².